The van der Waals surface area contributed by atoms with Crippen LogP contribution in [0.4, 0.5) is 4.79 Å². The van der Waals surface area contributed by atoms with E-state index in [1.165, 1.54) is 0 Å². The topological polar surface area (TPSA) is 98.7 Å². The fourth-order valence-electron chi connectivity index (χ4n) is 1.72. The lowest BCUT2D eigenvalue weighted by atomic mass is 10.2. The van der Waals surface area contributed by atoms with Crippen molar-refractivity contribution < 1.29 is 19.5 Å². The van der Waals surface area contributed by atoms with Crippen molar-refractivity contribution in [3.8, 4) is 0 Å². The summed E-state index contributed by atoms with van der Waals surface area (Å²) < 4.78 is 0. The van der Waals surface area contributed by atoms with Gasteiger partial charge >= 0.3 is 12.0 Å². The zero-order chi connectivity index (χ0) is 15.5. The molecule has 0 saturated carbocycles. The van der Waals surface area contributed by atoms with Gasteiger partial charge in [0.2, 0.25) is 5.91 Å². The minimum Gasteiger partial charge on any atom is -0.481 e. The normalized spacial score (nSPS) is 11.6. The summed E-state index contributed by atoms with van der Waals surface area (Å²) in [6.45, 7) is 7.03. The molecule has 20 heavy (non-hydrogen) atoms. The van der Waals surface area contributed by atoms with E-state index in [-0.39, 0.29) is 12.3 Å². The average molecular weight is 287 g/mol. The highest BCUT2D eigenvalue weighted by atomic mass is 16.4. The summed E-state index contributed by atoms with van der Waals surface area (Å²) in [7, 11) is 0. The molecule has 0 radical (unpaired) electrons. The summed E-state index contributed by atoms with van der Waals surface area (Å²) >= 11 is 0. The van der Waals surface area contributed by atoms with Crippen LogP contribution in [0.25, 0.3) is 0 Å². The molecule has 0 heterocycles. The van der Waals surface area contributed by atoms with Crippen molar-refractivity contribution in [1.29, 1.82) is 0 Å². The van der Waals surface area contributed by atoms with Gasteiger partial charge in [-0.2, -0.15) is 0 Å². The molecule has 0 fully saturated rings. The Hall–Kier alpha value is -1.79. The number of likely N-dealkylation sites (N-methyl/N-ethyl adjacent to an activating group) is 1. The summed E-state index contributed by atoms with van der Waals surface area (Å²) in [4.78, 5) is 35.4. The van der Waals surface area contributed by atoms with Crippen LogP contribution in [0.5, 0.6) is 0 Å². The first-order valence-electron chi connectivity index (χ1n) is 6.97. The molecule has 1 unspecified atom stereocenters. The SMILES string of the molecule is CCN(CC)C(=O)C(C)NC(=O)NCCCCC(=O)O. The molecular formula is C13H25N3O4. The largest absolute Gasteiger partial charge is 0.481 e. The summed E-state index contributed by atoms with van der Waals surface area (Å²) in [6, 6.07) is -0.984. The summed E-state index contributed by atoms with van der Waals surface area (Å²) in [5, 5.41) is 13.6. The lowest BCUT2D eigenvalue weighted by Gasteiger charge is -2.23. The first-order valence-corrected chi connectivity index (χ1v) is 6.97. The van der Waals surface area contributed by atoms with Gasteiger partial charge in [-0.05, 0) is 33.6 Å². The van der Waals surface area contributed by atoms with Crippen LogP contribution in [0.3, 0.4) is 0 Å². The number of carbonyl (C=O) groups is 3. The highest BCUT2D eigenvalue weighted by Gasteiger charge is 2.19. The van der Waals surface area contributed by atoms with E-state index in [1.807, 2.05) is 13.8 Å². The van der Waals surface area contributed by atoms with Gasteiger partial charge in [0.25, 0.3) is 0 Å². The van der Waals surface area contributed by atoms with Crippen molar-refractivity contribution >= 4 is 17.9 Å². The number of carbonyl (C=O) groups excluding carboxylic acids is 2. The third-order valence-electron chi connectivity index (χ3n) is 2.90. The van der Waals surface area contributed by atoms with Gasteiger partial charge in [0, 0.05) is 26.1 Å². The van der Waals surface area contributed by atoms with Crippen LogP contribution in [-0.4, -0.2) is 53.6 Å². The van der Waals surface area contributed by atoms with E-state index in [0.717, 1.165) is 0 Å². The first kappa shape index (κ1) is 18.2. The van der Waals surface area contributed by atoms with E-state index in [1.54, 1.807) is 11.8 Å². The quantitative estimate of drug-likeness (QED) is 0.546. The van der Waals surface area contributed by atoms with Crippen LogP contribution in [0, 0.1) is 0 Å². The van der Waals surface area contributed by atoms with Crippen LogP contribution < -0.4 is 10.6 Å². The Bertz CT molecular complexity index is 330. The molecule has 0 saturated heterocycles. The fourth-order valence-corrected chi connectivity index (χ4v) is 1.72. The molecule has 7 nitrogen and oxygen atoms in total. The second-order valence-electron chi connectivity index (χ2n) is 4.48. The summed E-state index contributed by atoms with van der Waals surface area (Å²) in [5.74, 6) is -0.955. The minimum atomic E-state index is -0.840. The first-order chi connectivity index (χ1) is 9.42. The number of nitrogens with zero attached hydrogens (tertiary/aromatic N) is 1. The Morgan fingerprint density at radius 3 is 2.25 bits per heavy atom. The molecule has 0 aromatic rings. The molecule has 116 valence electrons. The molecule has 7 heteroatoms. The van der Waals surface area contributed by atoms with E-state index < -0.39 is 18.0 Å². The van der Waals surface area contributed by atoms with Crippen molar-refractivity contribution in [1.82, 2.24) is 15.5 Å². The zero-order valence-corrected chi connectivity index (χ0v) is 12.4. The van der Waals surface area contributed by atoms with Gasteiger partial charge in [0.05, 0.1) is 0 Å². The molecule has 0 spiro atoms. The summed E-state index contributed by atoms with van der Waals surface area (Å²) in [6.07, 6.45) is 1.21. The van der Waals surface area contributed by atoms with Crippen molar-refractivity contribution in [2.45, 2.75) is 46.1 Å². The maximum atomic E-state index is 11.9. The van der Waals surface area contributed by atoms with Crippen LogP contribution in [0.1, 0.15) is 40.0 Å². The minimum absolute atomic E-state index is 0.0974. The predicted octanol–water partition coefficient (Wildman–Crippen LogP) is 0.797. The number of carboxylic acids is 1. The van der Waals surface area contributed by atoms with E-state index in [9.17, 15) is 14.4 Å². The standard InChI is InChI=1S/C13H25N3O4/c1-4-16(5-2)12(19)10(3)15-13(20)14-9-7-6-8-11(17)18/h10H,4-9H2,1-3H3,(H,17,18)(H2,14,15,20). The second kappa shape index (κ2) is 10.1. The Morgan fingerprint density at radius 1 is 1.15 bits per heavy atom. The lowest BCUT2D eigenvalue weighted by molar-refractivity contribution is -0.137. The van der Waals surface area contributed by atoms with Crippen molar-refractivity contribution in [2.24, 2.45) is 0 Å². The van der Waals surface area contributed by atoms with Crippen LogP contribution in [0.15, 0.2) is 0 Å². The highest BCUT2D eigenvalue weighted by Crippen LogP contribution is 1.95. The Balaban J connectivity index is 3.90. The van der Waals surface area contributed by atoms with E-state index in [4.69, 9.17) is 5.11 Å². The average Bonchev–Trinajstić information content (AvgIpc) is 2.39. The number of unbranched alkanes of at least 4 members (excludes halogenated alkanes) is 1. The van der Waals surface area contributed by atoms with E-state index in [2.05, 4.69) is 10.6 Å². The highest BCUT2D eigenvalue weighted by molar-refractivity contribution is 5.86. The third kappa shape index (κ3) is 7.60. The molecule has 0 aliphatic heterocycles. The fraction of sp³-hybridized carbons (Fsp3) is 0.769. The van der Waals surface area contributed by atoms with E-state index >= 15 is 0 Å². The number of urea groups is 1. The molecule has 0 aromatic heterocycles. The second-order valence-corrected chi connectivity index (χ2v) is 4.48. The number of carboxylic acid groups (broad SMARTS) is 1. The Morgan fingerprint density at radius 2 is 1.75 bits per heavy atom. The third-order valence-corrected chi connectivity index (χ3v) is 2.90. The number of hydrogen-bond acceptors (Lipinski definition) is 3. The maximum absolute atomic E-state index is 11.9. The number of amides is 3. The molecule has 1 atom stereocenters. The predicted molar refractivity (Wildman–Crippen MR) is 75.4 cm³/mol. The number of rotatable bonds is 9. The lowest BCUT2D eigenvalue weighted by Crippen LogP contribution is -2.49. The van der Waals surface area contributed by atoms with Crippen molar-refractivity contribution in [3.63, 3.8) is 0 Å². The molecule has 0 aliphatic carbocycles. The molecular weight excluding hydrogens is 262 g/mol. The number of aliphatic carboxylic acids is 1. The number of hydrogen-bond donors (Lipinski definition) is 3. The molecule has 0 rings (SSSR count). The Labute approximate surface area is 119 Å². The number of nitrogens with one attached hydrogen (secondary N) is 2. The van der Waals surface area contributed by atoms with Gasteiger partial charge in [-0.15, -0.1) is 0 Å². The maximum Gasteiger partial charge on any atom is 0.315 e. The van der Waals surface area contributed by atoms with Gasteiger partial charge in [0.1, 0.15) is 6.04 Å². The zero-order valence-electron chi connectivity index (χ0n) is 12.4. The van der Waals surface area contributed by atoms with Crippen LogP contribution in [-0.2, 0) is 9.59 Å². The molecule has 0 aromatic carbocycles. The van der Waals surface area contributed by atoms with E-state index in [0.29, 0.717) is 32.5 Å². The van der Waals surface area contributed by atoms with Gasteiger partial charge in [-0.25, -0.2) is 4.79 Å². The van der Waals surface area contributed by atoms with Gasteiger partial charge < -0.3 is 20.6 Å². The van der Waals surface area contributed by atoms with Crippen molar-refractivity contribution in [2.75, 3.05) is 19.6 Å². The summed E-state index contributed by atoms with van der Waals surface area (Å²) in [5.41, 5.74) is 0. The van der Waals surface area contributed by atoms with Gasteiger partial charge in [-0.1, -0.05) is 0 Å². The van der Waals surface area contributed by atoms with Crippen molar-refractivity contribution in [3.05, 3.63) is 0 Å². The smallest absolute Gasteiger partial charge is 0.315 e. The van der Waals surface area contributed by atoms with Gasteiger partial charge in [-0.3, -0.25) is 9.59 Å². The molecule has 3 amide bonds. The molecule has 0 bridgehead atoms. The van der Waals surface area contributed by atoms with Crippen LogP contribution in [0.2, 0.25) is 0 Å². The molecule has 0 aliphatic rings. The Kier molecular flexibility index (Phi) is 9.15. The van der Waals surface area contributed by atoms with Crippen LogP contribution >= 0.6 is 0 Å². The molecule has 3 N–H and O–H groups in total. The van der Waals surface area contributed by atoms with Gasteiger partial charge in [0.15, 0.2) is 0 Å². The monoisotopic (exact) mass is 287 g/mol.